The number of benzene rings is 1. The van der Waals surface area contributed by atoms with Crippen molar-refractivity contribution in [2.24, 2.45) is 0 Å². The SMILES string of the molecule is CC(C)OC(=O)c1cccc(NCc2cnc(Cl)s2)c1. The van der Waals surface area contributed by atoms with Crippen molar-refractivity contribution < 1.29 is 9.53 Å². The topological polar surface area (TPSA) is 51.2 Å². The van der Waals surface area contributed by atoms with E-state index >= 15 is 0 Å². The maximum absolute atomic E-state index is 11.8. The molecule has 1 heterocycles. The quantitative estimate of drug-likeness (QED) is 0.849. The molecule has 6 heteroatoms. The Hall–Kier alpha value is -1.59. The summed E-state index contributed by atoms with van der Waals surface area (Å²) in [6.07, 6.45) is 1.61. The molecule has 1 aromatic carbocycles. The average molecular weight is 311 g/mol. The van der Waals surface area contributed by atoms with Crippen LogP contribution in [0.15, 0.2) is 30.5 Å². The first-order valence-electron chi connectivity index (χ1n) is 6.19. The van der Waals surface area contributed by atoms with Crippen LogP contribution in [0.1, 0.15) is 29.1 Å². The van der Waals surface area contributed by atoms with Crippen LogP contribution in [0.5, 0.6) is 0 Å². The molecule has 20 heavy (non-hydrogen) atoms. The lowest BCUT2D eigenvalue weighted by Gasteiger charge is -2.09. The fourth-order valence-corrected chi connectivity index (χ4v) is 2.51. The molecule has 1 aromatic heterocycles. The van der Waals surface area contributed by atoms with Crippen molar-refractivity contribution in [1.29, 1.82) is 0 Å². The van der Waals surface area contributed by atoms with Gasteiger partial charge in [-0.1, -0.05) is 17.7 Å². The molecule has 4 nitrogen and oxygen atoms in total. The Morgan fingerprint density at radius 3 is 2.95 bits per heavy atom. The number of carbonyl (C=O) groups excluding carboxylic acids is 1. The Morgan fingerprint density at radius 2 is 2.30 bits per heavy atom. The van der Waals surface area contributed by atoms with E-state index in [2.05, 4.69) is 10.3 Å². The van der Waals surface area contributed by atoms with E-state index in [0.717, 1.165) is 10.6 Å². The predicted octanol–water partition coefficient (Wildman–Crippen LogP) is 3.97. The Labute approximate surface area is 126 Å². The smallest absolute Gasteiger partial charge is 0.338 e. The van der Waals surface area contributed by atoms with Gasteiger partial charge in [-0.15, -0.1) is 11.3 Å². The van der Waals surface area contributed by atoms with Gasteiger partial charge in [0.15, 0.2) is 4.47 Å². The van der Waals surface area contributed by atoms with Crippen LogP contribution >= 0.6 is 22.9 Å². The van der Waals surface area contributed by atoms with Crippen molar-refractivity contribution in [3.05, 3.63) is 45.4 Å². The normalized spacial score (nSPS) is 10.6. The third kappa shape index (κ3) is 4.21. The average Bonchev–Trinajstić information content (AvgIpc) is 2.82. The molecular weight excluding hydrogens is 296 g/mol. The fourth-order valence-electron chi connectivity index (χ4n) is 1.59. The van der Waals surface area contributed by atoms with Crippen molar-refractivity contribution in [3.8, 4) is 0 Å². The standard InChI is InChI=1S/C14H15ClN2O2S/c1-9(2)19-13(18)10-4-3-5-11(6-10)16-7-12-8-17-14(15)20-12/h3-6,8-9,16H,7H2,1-2H3. The molecule has 0 aliphatic rings. The number of nitrogens with zero attached hydrogens (tertiary/aromatic N) is 1. The zero-order valence-electron chi connectivity index (χ0n) is 11.2. The van der Waals surface area contributed by atoms with E-state index in [4.69, 9.17) is 16.3 Å². The summed E-state index contributed by atoms with van der Waals surface area (Å²) in [7, 11) is 0. The third-order valence-electron chi connectivity index (χ3n) is 2.43. The van der Waals surface area contributed by atoms with Gasteiger partial charge in [0.2, 0.25) is 0 Å². The first-order valence-corrected chi connectivity index (χ1v) is 7.39. The molecule has 0 bridgehead atoms. The summed E-state index contributed by atoms with van der Waals surface area (Å²) in [6.45, 7) is 4.27. The summed E-state index contributed by atoms with van der Waals surface area (Å²) in [5.74, 6) is -0.315. The summed E-state index contributed by atoms with van der Waals surface area (Å²) < 4.78 is 5.69. The minimum absolute atomic E-state index is 0.126. The van der Waals surface area contributed by atoms with Gasteiger partial charge in [-0.3, -0.25) is 0 Å². The summed E-state index contributed by atoms with van der Waals surface area (Å²) in [5, 5.41) is 3.23. The summed E-state index contributed by atoms with van der Waals surface area (Å²) in [5.41, 5.74) is 1.39. The van der Waals surface area contributed by atoms with E-state index in [0.29, 0.717) is 16.6 Å². The third-order valence-corrected chi connectivity index (χ3v) is 3.55. The van der Waals surface area contributed by atoms with Gasteiger partial charge in [0.25, 0.3) is 0 Å². The molecule has 2 aromatic rings. The van der Waals surface area contributed by atoms with Crippen LogP contribution in [0.4, 0.5) is 5.69 Å². The van der Waals surface area contributed by atoms with Gasteiger partial charge in [-0.2, -0.15) is 0 Å². The monoisotopic (exact) mass is 310 g/mol. The molecule has 0 radical (unpaired) electrons. The lowest BCUT2D eigenvalue weighted by Crippen LogP contribution is -2.11. The van der Waals surface area contributed by atoms with Gasteiger partial charge in [0, 0.05) is 16.8 Å². The van der Waals surface area contributed by atoms with E-state index in [1.807, 2.05) is 26.0 Å². The van der Waals surface area contributed by atoms with Crippen molar-refractivity contribution in [1.82, 2.24) is 4.98 Å². The number of hydrogen-bond acceptors (Lipinski definition) is 5. The zero-order chi connectivity index (χ0) is 14.5. The maximum atomic E-state index is 11.8. The second-order valence-corrected chi connectivity index (χ2v) is 6.17. The van der Waals surface area contributed by atoms with Crippen LogP contribution in [0.25, 0.3) is 0 Å². The van der Waals surface area contributed by atoms with Gasteiger partial charge in [0.05, 0.1) is 18.2 Å². The number of carbonyl (C=O) groups is 1. The molecule has 0 spiro atoms. The van der Waals surface area contributed by atoms with Crippen LogP contribution in [0, 0.1) is 0 Å². The van der Waals surface area contributed by atoms with Crippen molar-refractivity contribution in [2.45, 2.75) is 26.5 Å². The van der Waals surface area contributed by atoms with Crippen LogP contribution in [-0.2, 0) is 11.3 Å². The van der Waals surface area contributed by atoms with Gasteiger partial charge in [-0.25, -0.2) is 9.78 Å². The lowest BCUT2D eigenvalue weighted by atomic mass is 10.2. The minimum atomic E-state index is -0.315. The number of halogens is 1. The second-order valence-electron chi connectivity index (χ2n) is 4.47. The molecule has 0 saturated heterocycles. The van der Waals surface area contributed by atoms with Gasteiger partial charge >= 0.3 is 5.97 Å². The minimum Gasteiger partial charge on any atom is -0.459 e. The highest BCUT2D eigenvalue weighted by Crippen LogP contribution is 2.19. The molecule has 0 atom stereocenters. The molecule has 0 unspecified atom stereocenters. The zero-order valence-corrected chi connectivity index (χ0v) is 12.8. The van der Waals surface area contributed by atoms with E-state index in [-0.39, 0.29) is 12.1 Å². The van der Waals surface area contributed by atoms with E-state index in [1.165, 1.54) is 11.3 Å². The number of esters is 1. The number of anilines is 1. The molecule has 106 valence electrons. The summed E-state index contributed by atoms with van der Waals surface area (Å²) in [4.78, 5) is 16.8. The fraction of sp³-hybridized carbons (Fsp3) is 0.286. The summed E-state index contributed by atoms with van der Waals surface area (Å²) in [6, 6.07) is 7.22. The van der Waals surface area contributed by atoms with E-state index in [1.54, 1.807) is 18.3 Å². The first kappa shape index (κ1) is 14.8. The molecule has 0 saturated carbocycles. The summed E-state index contributed by atoms with van der Waals surface area (Å²) >= 11 is 7.20. The molecule has 0 fully saturated rings. The number of thiazole rings is 1. The highest BCUT2D eigenvalue weighted by molar-refractivity contribution is 7.15. The van der Waals surface area contributed by atoms with E-state index in [9.17, 15) is 4.79 Å². The Kier molecular flexibility index (Phi) is 4.98. The van der Waals surface area contributed by atoms with Gasteiger partial charge in [-0.05, 0) is 32.0 Å². The van der Waals surface area contributed by atoms with Crippen molar-refractivity contribution >= 4 is 34.6 Å². The Morgan fingerprint density at radius 1 is 1.50 bits per heavy atom. The van der Waals surface area contributed by atoms with Crippen molar-refractivity contribution in [2.75, 3.05) is 5.32 Å². The van der Waals surface area contributed by atoms with E-state index < -0.39 is 0 Å². The highest BCUT2D eigenvalue weighted by Gasteiger charge is 2.09. The van der Waals surface area contributed by atoms with Crippen LogP contribution in [0.2, 0.25) is 4.47 Å². The molecular formula is C14H15ClN2O2S. The maximum Gasteiger partial charge on any atom is 0.338 e. The molecule has 0 amide bonds. The largest absolute Gasteiger partial charge is 0.459 e. The van der Waals surface area contributed by atoms with Crippen LogP contribution in [-0.4, -0.2) is 17.1 Å². The molecule has 0 aliphatic heterocycles. The Balaban J connectivity index is 2.00. The van der Waals surface area contributed by atoms with Gasteiger partial charge in [0.1, 0.15) is 0 Å². The lowest BCUT2D eigenvalue weighted by molar-refractivity contribution is 0.0378. The number of ether oxygens (including phenoxy) is 1. The van der Waals surface area contributed by atoms with Gasteiger partial charge < -0.3 is 10.1 Å². The van der Waals surface area contributed by atoms with Crippen molar-refractivity contribution in [3.63, 3.8) is 0 Å². The Bertz CT molecular complexity index is 598. The number of aromatic nitrogens is 1. The first-order chi connectivity index (χ1) is 9.54. The van der Waals surface area contributed by atoms with Crippen LogP contribution in [0.3, 0.4) is 0 Å². The molecule has 0 aliphatic carbocycles. The number of hydrogen-bond donors (Lipinski definition) is 1. The second kappa shape index (κ2) is 6.72. The van der Waals surface area contributed by atoms with Crippen LogP contribution < -0.4 is 5.32 Å². The predicted molar refractivity (Wildman–Crippen MR) is 81.4 cm³/mol. The number of rotatable bonds is 5. The number of nitrogens with one attached hydrogen (secondary N) is 1. The molecule has 2 rings (SSSR count). The molecule has 1 N–H and O–H groups in total. The highest BCUT2D eigenvalue weighted by atomic mass is 35.5.